The Hall–Kier alpha value is -0.171. The fraction of sp³-hybridized carbons (Fsp3) is 0.143. The van der Waals surface area contributed by atoms with Crippen LogP contribution in [0.2, 0.25) is 0 Å². The predicted octanol–water partition coefficient (Wildman–Crippen LogP) is 0.0644. The molecule has 7 heteroatoms. The van der Waals surface area contributed by atoms with E-state index in [1.807, 2.05) is 6.07 Å². The summed E-state index contributed by atoms with van der Waals surface area (Å²) in [7, 11) is -3.61. The molecular weight excluding hydrogens is 287 g/mol. The van der Waals surface area contributed by atoms with Crippen molar-refractivity contribution in [1.82, 2.24) is 0 Å². The van der Waals surface area contributed by atoms with E-state index < -0.39 is 10.0 Å². The van der Waals surface area contributed by atoms with Gasteiger partial charge in [0.1, 0.15) is 0 Å². The number of sulfonamides is 1. The number of hydrogen-bond donors (Lipinski definition) is 2. The van der Waals surface area contributed by atoms with Crippen LogP contribution in [-0.4, -0.2) is 22.9 Å². The minimum atomic E-state index is -3.61. The van der Waals surface area contributed by atoms with Crippen LogP contribution in [0.5, 0.6) is 0 Å². The quantitative estimate of drug-likeness (QED) is 0.768. The van der Waals surface area contributed by atoms with E-state index in [0.29, 0.717) is 5.56 Å². The van der Waals surface area contributed by atoms with Gasteiger partial charge in [-0.15, -0.1) is 0 Å². The van der Waals surface area contributed by atoms with E-state index in [-0.39, 0.29) is 25.3 Å². The number of nitrogens with two attached hydrogens (primary N) is 2. The Morgan fingerprint density at radius 3 is 2.79 bits per heavy atom. The predicted molar refractivity (Wildman–Crippen MR) is 58.0 cm³/mol. The van der Waals surface area contributed by atoms with E-state index in [1.165, 1.54) is 11.3 Å². The molecule has 0 aliphatic rings. The van der Waals surface area contributed by atoms with Crippen LogP contribution in [0.3, 0.4) is 0 Å². The Morgan fingerprint density at radius 2 is 2.21 bits per heavy atom. The van der Waals surface area contributed by atoms with Gasteiger partial charge in [0.15, 0.2) is 0 Å². The molecule has 0 atom stereocenters. The monoisotopic (exact) mass is 296 g/mol. The first-order valence-corrected chi connectivity index (χ1v) is 7.96. The van der Waals surface area contributed by atoms with Gasteiger partial charge >= 0.3 is 91.4 Å². The standard InChI is InChI=1S/C7H8N2O2S2Se/c8-3-4-6-5(1-2-14-6)12-7(4)13(9,10)11/h1-2H,3,8H2,(H2,9,10,11). The van der Waals surface area contributed by atoms with Crippen molar-refractivity contribution in [3.05, 3.63) is 16.6 Å². The second-order valence-electron chi connectivity index (χ2n) is 2.73. The summed E-state index contributed by atoms with van der Waals surface area (Å²) in [4.78, 5) is 2.06. The molecule has 0 radical (unpaired) electrons. The van der Waals surface area contributed by atoms with Crippen molar-refractivity contribution in [2.45, 2.75) is 10.8 Å². The summed E-state index contributed by atoms with van der Waals surface area (Å²) in [5.74, 6) is 0. The van der Waals surface area contributed by atoms with Crippen LogP contribution in [0.4, 0.5) is 0 Å². The molecule has 0 spiro atoms. The van der Waals surface area contributed by atoms with Crippen molar-refractivity contribution in [2.75, 3.05) is 0 Å². The average molecular weight is 295 g/mol. The third-order valence-corrected chi connectivity index (χ3v) is 6.85. The Balaban J connectivity index is 2.83. The first-order valence-electron chi connectivity index (χ1n) is 3.76. The first-order chi connectivity index (χ1) is 6.54. The fourth-order valence-electron chi connectivity index (χ4n) is 1.26. The molecular formula is C7H8N2O2S2Se. The second kappa shape index (κ2) is 3.44. The Morgan fingerprint density at radius 1 is 1.50 bits per heavy atom. The van der Waals surface area contributed by atoms with Gasteiger partial charge in [0.05, 0.1) is 0 Å². The van der Waals surface area contributed by atoms with E-state index >= 15 is 0 Å². The van der Waals surface area contributed by atoms with E-state index in [9.17, 15) is 8.42 Å². The molecule has 2 heterocycles. The second-order valence-corrected chi connectivity index (χ2v) is 7.46. The Bertz CT molecular complexity index is 570. The molecule has 4 N–H and O–H groups in total. The molecule has 0 bridgehead atoms. The number of hydrogen-bond acceptors (Lipinski definition) is 4. The van der Waals surface area contributed by atoms with Crippen molar-refractivity contribution in [1.29, 1.82) is 0 Å². The zero-order valence-electron chi connectivity index (χ0n) is 7.06. The number of fused-ring (bicyclic) bond motifs is 1. The van der Waals surface area contributed by atoms with Crippen LogP contribution in [0.15, 0.2) is 15.2 Å². The zero-order valence-corrected chi connectivity index (χ0v) is 10.4. The van der Waals surface area contributed by atoms with E-state index in [1.54, 1.807) is 0 Å². The van der Waals surface area contributed by atoms with Crippen LogP contribution in [0, 0.1) is 0 Å². The van der Waals surface area contributed by atoms with Gasteiger partial charge < -0.3 is 0 Å². The molecule has 2 rings (SSSR count). The van der Waals surface area contributed by atoms with Crippen molar-refractivity contribution in [3.63, 3.8) is 0 Å². The van der Waals surface area contributed by atoms with Crippen molar-refractivity contribution < 1.29 is 8.42 Å². The average Bonchev–Trinajstić information content (AvgIpc) is 2.58. The van der Waals surface area contributed by atoms with Gasteiger partial charge in [-0.05, 0) is 0 Å². The van der Waals surface area contributed by atoms with Gasteiger partial charge in [-0.3, -0.25) is 0 Å². The molecule has 4 nitrogen and oxygen atoms in total. The summed E-state index contributed by atoms with van der Waals surface area (Å²) < 4.78 is 24.8. The van der Waals surface area contributed by atoms with Crippen LogP contribution in [0.25, 0.3) is 8.96 Å². The van der Waals surface area contributed by atoms with Gasteiger partial charge in [0, 0.05) is 0 Å². The van der Waals surface area contributed by atoms with Crippen molar-refractivity contribution >= 4 is 44.8 Å². The fourth-order valence-corrected chi connectivity index (χ4v) is 6.17. The molecule has 76 valence electrons. The third-order valence-electron chi connectivity index (χ3n) is 1.81. The molecule has 2 aromatic heterocycles. The third kappa shape index (κ3) is 1.56. The van der Waals surface area contributed by atoms with Crippen LogP contribution in [-0.2, 0) is 16.6 Å². The maximum absolute atomic E-state index is 11.2. The molecule has 0 aliphatic heterocycles. The summed E-state index contributed by atoms with van der Waals surface area (Å²) in [6.45, 7) is 0.237. The molecule has 0 amide bonds. The molecule has 0 unspecified atom stereocenters. The van der Waals surface area contributed by atoms with Crippen LogP contribution < -0.4 is 10.9 Å². The maximum atomic E-state index is 11.2. The topological polar surface area (TPSA) is 86.2 Å². The summed E-state index contributed by atoms with van der Waals surface area (Å²) in [6, 6.07) is 1.94. The Labute approximate surface area is 91.3 Å². The van der Waals surface area contributed by atoms with Gasteiger partial charge in [-0.25, -0.2) is 0 Å². The first kappa shape index (κ1) is 10.4. The summed E-state index contributed by atoms with van der Waals surface area (Å²) in [6.07, 6.45) is 0. The van der Waals surface area contributed by atoms with Crippen LogP contribution in [0.1, 0.15) is 5.56 Å². The number of primary sulfonamides is 1. The van der Waals surface area contributed by atoms with E-state index in [4.69, 9.17) is 10.9 Å². The molecule has 0 saturated heterocycles. The van der Waals surface area contributed by atoms with Gasteiger partial charge in [-0.2, -0.15) is 0 Å². The summed E-state index contributed by atoms with van der Waals surface area (Å²) >= 11 is 1.43. The summed E-state index contributed by atoms with van der Waals surface area (Å²) in [5.41, 5.74) is 6.24. The zero-order chi connectivity index (χ0) is 10.3. The van der Waals surface area contributed by atoms with E-state index in [2.05, 4.69) is 4.94 Å². The van der Waals surface area contributed by atoms with Gasteiger partial charge in [-0.1, -0.05) is 0 Å². The van der Waals surface area contributed by atoms with Crippen molar-refractivity contribution in [3.8, 4) is 0 Å². The van der Waals surface area contributed by atoms with Crippen LogP contribution >= 0.6 is 11.3 Å². The van der Waals surface area contributed by atoms with Crippen molar-refractivity contribution in [2.24, 2.45) is 10.9 Å². The van der Waals surface area contributed by atoms with Gasteiger partial charge in [0.25, 0.3) is 0 Å². The molecule has 0 fully saturated rings. The molecule has 14 heavy (non-hydrogen) atoms. The Kier molecular flexibility index (Phi) is 2.55. The molecule has 0 aromatic carbocycles. The number of thiophene rings is 1. The minimum absolute atomic E-state index is 0.212. The van der Waals surface area contributed by atoms with Gasteiger partial charge in [0.2, 0.25) is 0 Å². The SMILES string of the molecule is NCc1c(S(N)(=O)=O)sc2cc[se]c12. The molecule has 0 saturated carbocycles. The molecule has 2 aromatic rings. The molecule has 0 aliphatic carbocycles. The van der Waals surface area contributed by atoms with E-state index in [0.717, 1.165) is 8.96 Å². The normalized spacial score (nSPS) is 12.4. The summed E-state index contributed by atoms with van der Waals surface area (Å²) in [5, 5.41) is 5.10. The number of rotatable bonds is 2.